The molecular weight excluding hydrogens is 320 g/mol. The van der Waals surface area contributed by atoms with Crippen LogP contribution in [0.1, 0.15) is 51.5 Å². The van der Waals surface area contributed by atoms with Crippen molar-refractivity contribution in [1.82, 2.24) is 0 Å². The molecule has 1 atom stereocenters. The highest BCUT2D eigenvalue weighted by molar-refractivity contribution is 5.70. The Hall–Kier alpha value is -1.91. The molecule has 0 aromatic heterocycles. The van der Waals surface area contributed by atoms with Gasteiger partial charge in [-0.1, -0.05) is 33.1 Å². The summed E-state index contributed by atoms with van der Waals surface area (Å²) in [5, 5.41) is 0. The number of aryl methyl sites for hydroxylation is 1. The molecule has 0 bridgehead atoms. The summed E-state index contributed by atoms with van der Waals surface area (Å²) in [7, 11) is 4.77. The van der Waals surface area contributed by atoms with Crippen molar-refractivity contribution in [2.45, 2.75) is 52.4 Å². The molecule has 142 valence electrons. The zero-order valence-electron chi connectivity index (χ0n) is 16.2. The van der Waals surface area contributed by atoms with Crippen LogP contribution in [0.25, 0.3) is 0 Å². The fourth-order valence-corrected chi connectivity index (χ4v) is 2.74. The maximum absolute atomic E-state index is 12.1. The van der Waals surface area contributed by atoms with Crippen molar-refractivity contribution in [2.24, 2.45) is 5.92 Å². The van der Waals surface area contributed by atoms with Crippen molar-refractivity contribution in [2.75, 3.05) is 27.9 Å². The van der Waals surface area contributed by atoms with Crippen LogP contribution >= 0.6 is 0 Å². The van der Waals surface area contributed by atoms with Gasteiger partial charge in [-0.2, -0.15) is 0 Å². The number of unbranched alkanes of at least 4 members (excludes halogenated alkanes) is 1. The molecule has 0 spiro atoms. The molecule has 0 aliphatic heterocycles. The summed E-state index contributed by atoms with van der Waals surface area (Å²) in [5.74, 6) is 2.17. The van der Waals surface area contributed by atoms with Crippen LogP contribution in [0, 0.1) is 5.92 Å². The summed E-state index contributed by atoms with van der Waals surface area (Å²) in [6.45, 7) is 4.82. The maximum Gasteiger partial charge on any atom is 0.306 e. The number of carbonyl (C=O) groups is 1. The van der Waals surface area contributed by atoms with Gasteiger partial charge in [0.2, 0.25) is 0 Å². The molecule has 0 fully saturated rings. The van der Waals surface area contributed by atoms with Crippen LogP contribution < -0.4 is 14.2 Å². The Morgan fingerprint density at radius 2 is 1.84 bits per heavy atom. The Bertz CT molecular complexity index is 527. The van der Waals surface area contributed by atoms with Crippen LogP contribution in [0.3, 0.4) is 0 Å². The summed E-state index contributed by atoms with van der Waals surface area (Å²) in [6, 6.07) is 3.63. The molecule has 1 aromatic rings. The monoisotopic (exact) mass is 352 g/mol. The first-order valence-electron chi connectivity index (χ1n) is 9.03. The number of hydrogen-bond acceptors (Lipinski definition) is 5. The first-order chi connectivity index (χ1) is 12.1. The van der Waals surface area contributed by atoms with Gasteiger partial charge in [0.15, 0.2) is 11.5 Å². The van der Waals surface area contributed by atoms with E-state index >= 15 is 0 Å². The number of hydrogen-bond donors (Lipinski definition) is 0. The first-order valence-corrected chi connectivity index (χ1v) is 9.03. The third-order valence-corrected chi connectivity index (χ3v) is 4.39. The topological polar surface area (TPSA) is 54.0 Å². The minimum atomic E-state index is -0.182. The third-order valence-electron chi connectivity index (χ3n) is 4.39. The second-order valence-corrected chi connectivity index (χ2v) is 6.12. The normalized spacial score (nSPS) is 11.7. The van der Waals surface area contributed by atoms with Gasteiger partial charge in [0, 0.05) is 18.1 Å². The van der Waals surface area contributed by atoms with Crippen LogP contribution in [0.15, 0.2) is 12.1 Å². The van der Waals surface area contributed by atoms with Gasteiger partial charge in [-0.15, -0.1) is 0 Å². The molecule has 5 heteroatoms. The largest absolute Gasteiger partial charge is 0.497 e. The Labute approximate surface area is 151 Å². The first kappa shape index (κ1) is 21.1. The van der Waals surface area contributed by atoms with Gasteiger partial charge < -0.3 is 18.9 Å². The average molecular weight is 352 g/mol. The van der Waals surface area contributed by atoms with Gasteiger partial charge in [-0.25, -0.2) is 0 Å². The lowest BCUT2D eigenvalue weighted by Gasteiger charge is -2.16. The molecule has 0 aliphatic carbocycles. The predicted molar refractivity (Wildman–Crippen MR) is 98.7 cm³/mol. The summed E-state index contributed by atoms with van der Waals surface area (Å²) in [4.78, 5) is 12.1. The van der Waals surface area contributed by atoms with Gasteiger partial charge in [-0.3, -0.25) is 4.79 Å². The van der Waals surface area contributed by atoms with E-state index in [1.165, 1.54) is 12.8 Å². The molecule has 0 heterocycles. The molecule has 1 unspecified atom stereocenters. The fraction of sp³-hybridized carbons (Fsp3) is 0.650. The molecule has 5 nitrogen and oxygen atoms in total. The molecule has 0 amide bonds. The molecule has 0 radical (unpaired) electrons. The fourth-order valence-electron chi connectivity index (χ4n) is 2.74. The zero-order chi connectivity index (χ0) is 18.7. The number of esters is 1. The molecule has 1 rings (SSSR count). The zero-order valence-corrected chi connectivity index (χ0v) is 16.2. The van der Waals surface area contributed by atoms with Gasteiger partial charge in [-0.05, 0) is 24.8 Å². The van der Waals surface area contributed by atoms with Crippen LogP contribution in [-0.2, 0) is 16.0 Å². The molecule has 25 heavy (non-hydrogen) atoms. The third kappa shape index (κ3) is 6.85. The molecule has 0 saturated carbocycles. The minimum Gasteiger partial charge on any atom is -0.497 e. The summed E-state index contributed by atoms with van der Waals surface area (Å²) in [5.41, 5.74) is 0.869. The van der Waals surface area contributed by atoms with Crippen LogP contribution in [0.2, 0.25) is 0 Å². The Balaban J connectivity index is 2.63. The van der Waals surface area contributed by atoms with Crippen molar-refractivity contribution in [3.05, 3.63) is 17.7 Å². The van der Waals surface area contributed by atoms with Crippen LogP contribution in [-0.4, -0.2) is 33.9 Å². The lowest BCUT2D eigenvalue weighted by molar-refractivity contribution is -0.145. The lowest BCUT2D eigenvalue weighted by atomic mass is 10.0. The number of rotatable bonds is 12. The average Bonchev–Trinajstić information content (AvgIpc) is 2.65. The van der Waals surface area contributed by atoms with Crippen molar-refractivity contribution < 1.29 is 23.7 Å². The van der Waals surface area contributed by atoms with Crippen LogP contribution in [0.4, 0.5) is 0 Å². The van der Waals surface area contributed by atoms with E-state index in [4.69, 9.17) is 18.9 Å². The Morgan fingerprint density at radius 3 is 2.40 bits per heavy atom. The highest BCUT2D eigenvalue weighted by atomic mass is 16.5. The lowest BCUT2D eigenvalue weighted by Crippen LogP contribution is -2.14. The molecular formula is C20H32O5. The molecule has 0 saturated heterocycles. The maximum atomic E-state index is 12.1. The standard InChI is InChI=1S/C20H32O5/c1-6-8-9-15(7-2)14-25-19(21)11-10-16-12-17(22-3)13-18(23-4)20(16)24-5/h12-13,15H,6-11,14H2,1-5H3. The van der Waals surface area contributed by atoms with E-state index in [-0.39, 0.29) is 5.97 Å². The van der Waals surface area contributed by atoms with E-state index in [1.54, 1.807) is 27.4 Å². The predicted octanol–water partition coefficient (Wildman–Crippen LogP) is 4.40. The smallest absolute Gasteiger partial charge is 0.306 e. The van der Waals surface area contributed by atoms with Gasteiger partial charge in [0.1, 0.15) is 5.75 Å². The summed E-state index contributed by atoms with van der Waals surface area (Å²) in [6.07, 6.45) is 5.31. The Morgan fingerprint density at radius 1 is 1.08 bits per heavy atom. The highest BCUT2D eigenvalue weighted by Crippen LogP contribution is 2.36. The summed E-state index contributed by atoms with van der Waals surface area (Å²) < 4.78 is 21.5. The van der Waals surface area contributed by atoms with Gasteiger partial charge in [0.05, 0.1) is 27.9 Å². The second-order valence-electron chi connectivity index (χ2n) is 6.12. The highest BCUT2D eigenvalue weighted by Gasteiger charge is 2.15. The molecule has 0 N–H and O–H groups in total. The van der Waals surface area contributed by atoms with Crippen molar-refractivity contribution in [3.63, 3.8) is 0 Å². The van der Waals surface area contributed by atoms with Crippen molar-refractivity contribution in [3.8, 4) is 17.2 Å². The number of carbonyl (C=O) groups excluding carboxylic acids is 1. The van der Waals surface area contributed by atoms with Gasteiger partial charge >= 0.3 is 5.97 Å². The van der Waals surface area contributed by atoms with E-state index in [1.807, 2.05) is 6.07 Å². The molecule has 1 aromatic carbocycles. The van der Waals surface area contributed by atoms with Gasteiger partial charge in [0.25, 0.3) is 0 Å². The van der Waals surface area contributed by atoms with E-state index in [0.29, 0.717) is 42.6 Å². The second kappa shape index (κ2) is 11.6. The quantitative estimate of drug-likeness (QED) is 0.522. The number of ether oxygens (including phenoxy) is 4. The number of methoxy groups -OCH3 is 3. The number of benzene rings is 1. The van der Waals surface area contributed by atoms with Crippen molar-refractivity contribution in [1.29, 1.82) is 0 Å². The van der Waals surface area contributed by atoms with E-state index < -0.39 is 0 Å². The minimum absolute atomic E-state index is 0.182. The summed E-state index contributed by atoms with van der Waals surface area (Å²) >= 11 is 0. The SMILES string of the molecule is CCCCC(CC)COC(=O)CCc1cc(OC)cc(OC)c1OC. The van der Waals surface area contributed by atoms with E-state index in [9.17, 15) is 4.79 Å². The van der Waals surface area contributed by atoms with Crippen molar-refractivity contribution >= 4 is 5.97 Å². The van der Waals surface area contributed by atoms with E-state index in [2.05, 4.69) is 13.8 Å². The molecule has 0 aliphatic rings. The Kier molecular flexibility index (Phi) is 9.81. The van der Waals surface area contributed by atoms with Crippen LogP contribution in [0.5, 0.6) is 17.2 Å². The van der Waals surface area contributed by atoms with E-state index in [0.717, 1.165) is 18.4 Å².